The van der Waals surface area contributed by atoms with E-state index in [4.69, 9.17) is 16.3 Å². The summed E-state index contributed by atoms with van der Waals surface area (Å²) in [6.07, 6.45) is -0.149. The van der Waals surface area contributed by atoms with Crippen LogP contribution in [0.4, 0.5) is 5.69 Å². The summed E-state index contributed by atoms with van der Waals surface area (Å²) in [7, 11) is 0. The van der Waals surface area contributed by atoms with Gasteiger partial charge >= 0.3 is 0 Å². The molecule has 0 bridgehead atoms. The number of carbonyl (C=O) groups is 2. The summed E-state index contributed by atoms with van der Waals surface area (Å²) >= 11 is 5.96. The highest BCUT2D eigenvalue weighted by molar-refractivity contribution is 6.30. The molecule has 5 nitrogen and oxygen atoms in total. The van der Waals surface area contributed by atoms with Crippen LogP contribution < -0.4 is 10.1 Å². The SMILES string of the molecule is CC1Oc2ccc(NC(=O)CC(C)(C)C)cc2CN(Cc2ccc(Cl)cc2)C1=O. The van der Waals surface area contributed by atoms with E-state index in [1.54, 1.807) is 11.8 Å². The molecular weight excluding hydrogens is 388 g/mol. The first-order chi connectivity index (χ1) is 13.6. The van der Waals surface area contributed by atoms with E-state index < -0.39 is 6.10 Å². The van der Waals surface area contributed by atoms with Crippen molar-refractivity contribution in [1.82, 2.24) is 4.90 Å². The van der Waals surface area contributed by atoms with E-state index in [1.807, 2.05) is 63.2 Å². The van der Waals surface area contributed by atoms with Gasteiger partial charge in [-0.1, -0.05) is 44.5 Å². The second-order valence-electron chi connectivity index (χ2n) is 8.69. The summed E-state index contributed by atoms with van der Waals surface area (Å²) in [6.45, 7) is 8.70. The molecule has 0 aliphatic carbocycles. The predicted octanol–water partition coefficient (Wildman–Crippen LogP) is 5.02. The predicted molar refractivity (Wildman–Crippen MR) is 115 cm³/mol. The molecule has 0 fully saturated rings. The van der Waals surface area contributed by atoms with E-state index in [0.717, 1.165) is 11.1 Å². The average molecular weight is 415 g/mol. The average Bonchev–Trinajstić information content (AvgIpc) is 2.73. The zero-order chi connectivity index (χ0) is 21.2. The lowest BCUT2D eigenvalue weighted by molar-refractivity contribution is -0.138. The number of ether oxygens (including phenoxy) is 1. The number of nitrogens with zero attached hydrogens (tertiary/aromatic N) is 1. The van der Waals surface area contributed by atoms with Crippen LogP contribution in [0.1, 0.15) is 45.2 Å². The van der Waals surface area contributed by atoms with Crippen LogP contribution in [0.5, 0.6) is 5.75 Å². The van der Waals surface area contributed by atoms with Crippen molar-refractivity contribution < 1.29 is 14.3 Å². The number of hydrogen-bond donors (Lipinski definition) is 1. The standard InChI is InChI=1S/C23H27ClN2O3/c1-15-22(28)26(13-16-5-7-18(24)8-6-16)14-17-11-19(9-10-20(17)29-15)25-21(27)12-23(2,3)4/h5-11,15H,12-14H2,1-4H3,(H,25,27). The van der Waals surface area contributed by atoms with Gasteiger partial charge in [-0.05, 0) is 48.2 Å². The van der Waals surface area contributed by atoms with Crippen molar-refractivity contribution in [2.75, 3.05) is 5.32 Å². The van der Waals surface area contributed by atoms with Crippen molar-refractivity contribution in [3.63, 3.8) is 0 Å². The summed E-state index contributed by atoms with van der Waals surface area (Å²) in [4.78, 5) is 26.9. The Balaban J connectivity index is 1.80. The van der Waals surface area contributed by atoms with E-state index in [2.05, 4.69) is 5.32 Å². The molecule has 3 rings (SSSR count). The van der Waals surface area contributed by atoms with Crippen LogP contribution in [0.25, 0.3) is 0 Å². The van der Waals surface area contributed by atoms with Crippen molar-refractivity contribution in [2.45, 2.75) is 53.3 Å². The van der Waals surface area contributed by atoms with Crippen LogP contribution in [-0.2, 0) is 22.7 Å². The van der Waals surface area contributed by atoms with Crippen molar-refractivity contribution >= 4 is 29.1 Å². The van der Waals surface area contributed by atoms with Crippen molar-refractivity contribution in [3.8, 4) is 5.75 Å². The molecule has 1 heterocycles. The largest absolute Gasteiger partial charge is 0.481 e. The maximum Gasteiger partial charge on any atom is 0.263 e. The van der Waals surface area contributed by atoms with Crippen LogP contribution in [0.15, 0.2) is 42.5 Å². The number of fused-ring (bicyclic) bond motifs is 1. The molecule has 1 N–H and O–H groups in total. The van der Waals surface area contributed by atoms with Crippen LogP contribution in [0, 0.1) is 5.41 Å². The summed E-state index contributed by atoms with van der Waals surface area (Å²) in [6, 6.07) is 13.0. The fraction of sp³-hybridized carbons (Fsp3) is 0.391. The number of rotatable bonds is 4. The molecule has 0 aromatic heterocycles. The molecule has 0 saturated heterocycles. The Kier molecular flexibility index (Phi) is 6.18. The number of halogens is 1. The fourth-order valence-electron chi connectivity index (χ4n) is 3.31. The lowest BCUT2D eigenvalue weighted by atomic mass is 9.92. The minimum Gasteiger partial charge on any atom is -0.481 e. The van der Waals surface area contributed by atoms with Crippen LogP contribution >= 0.6 is 11.6 Å². The Morgan fingerprint density at radius 1 is 1.21 bits per heavy atom. The van der Waals surface area contributed by atoms with Crippen molar-refractivity contribution in [2.24, 2.45) is 5.41 Å². The topological polar surface area (TPSA) is 58.6 Å². The third kappa shape index (κ3) is 5.73. The quantitative estimate of drug-likeness (QED) is 0.763. The fourth-order valence-corrected chi connectivity index (χ4v) is 3.43. The van der Waals surface area contributed by atoms with Gasteiger partial charge in [-0.25, -0.2) is 0 Å². The van der Waals surface area contributed by atoms with E-state index in [1.165, 1.54) is 0 Å². The van der Waals surface area contributed by atoms with E-state index in [-0.39, 0.29) is 17.2 Å². The molecule has 0 radical (unpaired) electrons. The number of carbonyl (C=O) groups excluding carboxylic acids is 2. The molecule has 6 heteroatoms. The number of anilines is 1. The molecule has 1 aliphatic rings. The van der Waals surface area contributed by atoms with Crippen molar-refractivity contribution in [1.29, 1.82) is 0 Å². The molecule has 1 atom stereocenters. The monoisotopic (exact) mass is 414 g/mol. The zero-order valence-electron chi connectivity index (χ0n) is 17.3. The number of nitrogens with one attached hydrogen (secondary N) is 1. The van der Waals surface area contributed by atoms with Gasteiger partial charge in [0.25, 0.3) is 5.91 Å². The number of benzene rings is 2. The Morgan fingerprint density at radius 2 is 1.90 bits per heavy atom. The summed E-state index contributed by atoms with van der Waals surface area (Å²) < 4.78 is 5.87. The smallest absolute Gasteiger partial charge is 0.263 e. The summed E-state index contributed by atoms with van der Waals surface area (Å²) in [5.74, 6) is 0.558. The molecule has 2 amide bonds. The van der Waals surface area contributed by atoms with Crippen molar-refractivity contribution in [3.05, 3.63) is 58.6 Å². The maximum atomic E-state index is 12.8. The molecule has 0 saturated carbocycles. The van der Waals surface area contributed by atoms with Crippen LogP contribution in [-0.4, -0.2) is 22.8 Å². The third-order valence-corrected chi connectivity index (χ3v) is 4.90. The Morgan fingerprint density at radius 3 is 2.55 bits per heavy atom. The lowest BCUT2D eigenvalue weighted by Gasteiger charge is -2.22. The normalized spacial score (nSPS) is 16.7. The Hall–Kier alpha value is -2.53. The van der Waals surface area contributed by atoms with E-state index >= 15 is 0 Å². The molecule has 1 unspecified atom stereocenters. The molecule has 1 aliphatic heterocycles. The first-order valence-electron chi connectivity index (χ1n) is 9.73. The first-order valence-corrected chi connectivity index (χ1v) is 10.1. The molecule has 2 aromatic carbocycles. The van der Waals surface area contributed by atoms with Gasteiger partial charge in [0.05, 0.1) is 0 Å². The van der Waals surface area contributed by atoms with Gasteiger partial charge in [-0.2, -0.15) is 0 Å². The van der Waals surface area contributed by atoms with Crippen LogP contribution in [0.3, 0.4) is 0 Å². The molecule has 29 heavy (non-hydrogen) atoms. The summed E-state index contributed by atoms with van der Waals surface area (Å²) in [5, 5.41) is 3.61. The molecular formula is C23H27ClN2O3. The molecule has 154 valence electrons. The zero-order valence-corrected chi connectivity index (χ0v) is 18.0. The van der Waals surface area contributed by atoms with Gasteiger partial charge in [0.15, 0.2) is 6.10 Å². The molecule has 2 aromatic rings. The highest BCUT2D eigenvalue weighted by Gasteiger charge is 2.28. The lowest BCUT2D eigenvalue weighted by Crippen LogP contribution is -2.37. The number of hydrogen-bond acceptors (Lipinski definition) is 3. The minimum atomic E-state index is -0.579. The van der Waals surface area contributed by atoms with Crippen LogP contribution in [0.2, 0.25) is 5.02 Å². The van der Waals surface area contributed by atoms with E-state index in [0.29, 0.717) is 36.0 Å². The van der Waals surface area contributed by atoms with Gasteiger partial charge in [0.2, 0.25) is 5.91 Å². The van der Waals surface area contributed by atoms with E-state index in [9.17, 15) is 9.59 Å². The highest BCUT2D eigenvalue weighted by Crippen LogP contribution is 2.30. The Bertz CT molecular complexity index is 903. The van der Waals surface area contributed by atoms with Gasteiger partial charge < -0.3 is 15.0 Å². The Labute approximate surface area is 177 Å². The maximum absolute atomic E-state index is 12.8. The first kappa shape index (κ1) is 21.2. The van der Waals surface area contributed by atoms with Gasteiger partial charge in [0, 0.05) is 35.8 Å². The van der Waals surface area contributed by atoms with Gasteiger partial charge in [-0.15, -0.1) is 0 Å². The molecule has 0 spiro atoms. The second-order valence-corrected chi connectivity index (χ2v) is 9.13. The van der Waals surface area contributed by atoms with Gasteiger partial charge in [0.1, 0.15) is 5.75 Å². The second kappa shape index (κ2) is 8.46. The summed E-state index contributed by atoms with van der Waals surface area (Å²) in [5.41, 5.74) is 2.48. The van der Waals surface area contributed by atoms with Gasteiger partial charge in [-0.3, -0.25) is 9.59 Å². The third-order valence-electron chi connectivity index (χ3n) is 4.65. The highest BCUT2D eigenvalue weighted by atomic mass is 35.5. The number of amides is 2. The minimum absolute atomic E-state index is 0.0329.